The first-order valence-corrected chi connectivity index (χ1v) is 16.5. The standard InChI is InChI=1S/C35H42F3N5O5.2ClH/c1-3-47-34-39-31(45-2)28(32(40-34)48-23-35(36,37)38)20-41-18-27-19-42(33(44)26-14-17-46-22-26)15-16-43(27)29(21-41)30(24-10-6-4-7-11-24)25-12-8-5-9-13-25;;/h4-13,26-27,29-30H,3,14-23H2,1-2H3;2*1H/t26?,27-,29?;;/m1../s1. The summed E-state index contributed by atoms with van der Waals surface area (Å²) in [5, 5.41) is 0. The molecule has 0 aliphatic carbocycles. The Bertz CT molecular complexity index is 1480. The van der Waals surface area contributed by atoms with E-state index in [4.69, 9.17) is 18.9 Å². The number of halogens is 5. The van der Waals surface area contributed by atoms with Crippen LogP contribution in [0.25, 0.3) is 0 Å². The van der Waals surface area contributed by atoms with Gasteiger partial charge in [-0.15, -0.1) is 24.8 Å². The van der Waals surface area contributed by atoms with Crippen molar-refractivity contribution < 1.29 is 36.9 Å². The molecule has 3 saturated heterocycles. The number of hydrogen-bond acceptors (Lipinski definition) is 9. The van der Waals surface area contributed by atoms with Crippen LogP contribution in [-0.2, 0) is 16.1 Å². The van der Waals surface area contributed by atoms with Gasteiger partial charge in [-0.2, -0.15) is 23.1 Å². The first-order valence-electron chi connectivity index (χ1n) is 16.5. The zero-order valence-electron chi connectivity index (χ0n) is 28.1. The predicted octanol–water partition coefficient (Wildman–Crippen LogP) is 5.23. The van der Waals surface area contributed by atoms with Crippen LogP contribution in [0.3, 0.4) is 0 Å². The number of hydrogen-bond donors (Lipinski definition) is 0. The zero-order valence-corrected chi connectivity index (χ0v) is 29.7. The fourth-order valence-corrected chi connectivity index (χ4v) is 7.20. The topological polar surface area (TPSA) is 89.5 Å². The van der Waals surface area contributed by atoms with Gasteiger partial charge in [-0.1, -0.05) is 60.7 Å². The van der Waals surface area contributed by atoms with E-state index in [1.54, 1.807) is 6.92 Å². The number of aromatic nitrogens is 2. The van der Waals surface area contributed by atoms with E-state index in [0.717, 1.165) is 17.5 Å². The summed E-state index contributed by atoms with van der Waals surface area (Å²) < 4.78 is 61.8. The molecule has 3 fully saturated rings. The lowest BCUT2D eigenvalue weighted by molar-refractivity contribution is -0.154. The smallest absolute Gasteiger partial charge is 0.422 e. The van der Waals surface area contributed by atoms with Crippen molar-refractivity contribution in [1.29, 1.82) is 0 Å². The summed E-state index contributed by atoms with van der Waals surface area (Å²) in [7, 11) is 1.41. The molecule has 0 bridgehead atoms. The highest BCUT2D eigenvalue weighted by Crippen LogP contribution is 2.38. The average molecular weight is 743 g/mol. The van der Waals surface area contributed by atoms with Gasteiger partial charge < -0.3 is 23.8 Å². The van der Waals surface area contributed by atoms with E-state index < -0.39 is 12.8 Å². The minimum absolute atomic E-state index is 0. The third-order valence-corrected chi connectivity index (χ3v) is 9.29. The van der Waals surface area contributed by atoms with Crippen molar-refractivity contribution in [3.8, 4) is 17.8 Å². The molecule has 2 unspecified atom stereocenters. The van der Waals surface area contributed by atoms with Gasteiger partial charge in [-0.05, 0) is 24.5 Å². The van der Waals surface area contributed by atoms with Gasteiger partial charge in [0, 0.05) is 63.9 Å². The molecule has 4 heterocycles. The highest BCUT2D eigenvalue weighted by Gasteiger charge is 2.44. The van der Waals surface area contributed by atoms with Crippen molar-refractivity contribution >= 4 is 30.7 Å². The monoisotopic (exact) mass is 741 g/mol. The van der Waals surface area contributed by atoms with Gasteiger partial charge in [0.05, 0.1) is 31.8 Å². The van der Waals surface area contributed by atoms with Crippen molar-refractivity contribution in [2.24, 2.45) is 5.92 Å². The quantitative estimate of drug-likeness (QED) is 0.262. The van der Waals surface area contributed by atoms with Gasteiger partial charge in [0.25, 0.3) is 0 Å². The molecule has 0 N–H and O–H groups in total. The van der Waals surface area contributed by atoms with Gasteiger partial charge in [0.2, 0.25) is 17.7 Å². The van der Waals surface area contributed by atoms with Crippen LogP contribution in [0.15, 0.2) is 60.7 Å². The number of amides is 1. The number of benzene rings is 2. The van der Waals surface area contributed by atoms with Crippen LogP contribution < -0.4 is 14.2 Å². The van der Waals surface area contributed by atoms with E-state index in [2.05, 4.69) is 44.0 Å². The molecule has 1 aromatic heterocycles. The summed E-state index contributed by atoms with van der Waals surface area (Å²) in [5.74, 6) is -0.164. The van der Waals surface area contributed by atoms with Crippen molar-refractivity contribution in [2.45, 2.75) is 44.1 Å². The largest absolute Gasteiger partial charge is 0.481 e. The minimum atomic E-state index is -4.57. The second-order valence-electron chi connectivity index (χ2n) is 12.4. The molecule has 50 heavy (non-hydrogen) atoms. The Morgan fingerprint density at radius 1 is 0.940 bits per heavy atom. The van der Waals surface area contributed by atoms with Gasteiger partial charge >= 0.3 is 12.2 Å². The molecule has 0 spiro atoms. The summed E-state index contributed by atoms with van der Waals surface area (Å²) in [6.45, 7) is 4.65. The Kier molecular flexibility index (Phi) is 14.0. The van der Waals surface area contributed by atoms with Gasteiger partial charge in [-0.3, -0.25) is 14.6 Å². The van der Waals surface area contributed by atoms with E-state index in [1.165, 1.54) is 7.11 Å². The Hall–Kier alpha value is -3.36. The van der Waals surface area contributed by atoms with Gasteiger partial charge in [0.1, 0.15) is 0 Å². The van der Waals surface area contributed by atoms with Crippen LogP contribution in [0.2, 0.25) is 0 Å². The molecule has 1 amide bonds. The number of alkyl halides is 3. The fraction of sp³-hybridized carbons (Fsp3) is 0.514. The van der Waals surface area contributed by atoms with Crippen LogP contribution >= 0.6 is 24.8 Å². The first kappa shape index (κ1) is 39.4. The molecule has 3 aromatic rings. The van der Waals surface area contributed by atoms with Crippen LogP contribution in [0, 0.1) is 5.92 Å². The van der Waals surface area contributed by atoms with Crippen molar-refractivity contribution in [3.05, 3.63) is 77.4 Å². The number of fused-ring (bicyclic) bond motifs is 1. The van der Waals surface area contributed by atoms with Crippen LogP contribution in [-0.4, -0.2) is 115 Å². The van der Waals surface area contributed by atoms with Crippen LogP contribution in [0.4, 0.5) is 13.2 Å². The maximum Gasteiger partial charge on any atom is 0.422 e. The molecular formula is C35H44Cl2F3N5O5. The normalized spacial score (nSPS) is 21.2. The molecule has 0 saturated carbocycles. The molecule has 3 atom stereocenters. The molecule has 6 rings (SSSR count). The molecule has 15 heteroatoms. The number of carbonyl (C=O) groups excluding carboxylic acids is 1. The van der Waals surface area contributed by atoms with E-state index in [1.807, 2.05) is 41.3 Å². The maximum absolute atomic E-state index is 13.5. The third-order valence-electron chi connectivity index (χ3n) is 9.29. The highest BCUT2D eigenvalue weighted by atomic mass is 35.5. The zero-order chi connectivity index (χ0) is 33.7. The average Bonchev–Trinajstić information content (AvgIpc) is 3.64. The summed E-state index contributed by atoms with van der Waals surface area (Å²) in [5.41, 5.74) is 2.62. The third kappa shape index (κ3) is 9.29. The summed E-state index contributed by atoms with van der Waals surface area (Å²) >= 11 is 0. The van der Waals surface area contributed by atoms with Crippen LogP contribution in [0.5, 0.6) is 17.8 Å². The van der Waals surface area contributed by atoms with E-state index >= 15 is 0 Å². The Morgan fingerprint density at radius 3 is 2.18 bits per heavy atom. The van der Waals surface area contributed by atoms with Gasteiger partial charge in [0.15, 0.2) is 6.61 Å². The molecule has 0 radical (unpaired) electrons. The number of ether oxygens (including phenoxy) is 4. The molecule has 3 aliphatic heterocycles. The molecule has 10 nitrogen and oxygen atoms in total. The number of nitrogens with zero attached hydrogens (tertiary/aromatic N) is 5. The lowest BCUT2D eigenvalue weighted by Gasteiger charge is -2.53. The van der Waals surface area contributed by atoms with Crippen molar-refractivity contribution in [1.82, 2.24) is 24.7 Å². The Labute approximate surface area is 303 Å². The van der Waals surface area contributed by atoms with Crippen molar-refractivity contribution in [2.75, 3.05) is 66.3 Å². The van der Waals surface area contributed by atoms with Crippen LogP contribution in [0.1, 0.15) is 36.0 Å². The lowest BCUT2D eigenvalue weighted by atomic mass is 9.81. The summed E-state index contributed by atoms with van der Waals surface area (Å²) in [4.78, 5) is 28.8. The van der Waals surface area contributed by atoms with E-state index in [0.29, 0.717) is 51.5 Å². The number of piperazine rings is 2. The van der Waals surface area contributed by atoms with E-state index in [-0.39, 0.29) is 85.6 Å². The SMILES string of the molecule is CCOc1nc(OC)c(CN2CC(C(c3ccccc3)c3ccccc3)N3CCN(C(=O)C4CCOC4)C[C@H]3C2)c(OCC(F)(F)F)n1.Cl.Cl. The number of methoxy groups -OCH3 is 1. The fourth-order valence-electron chi connectivity index (χ4n) is 7.20. The van der Waals surface area contributed by atoms with Gasteiger partial charge in [-0.25, -0.2) is 0 Å². The summed E-state index contributed by atoms with van der Waals surface area (Å²) in [6.07, 6.45) is -3.85. The Balaban J connectivity index is 0.00000281. The maximum atomic E-state index is 13.5. The predicted molar refractivity (Wildman–Crippen MR) is 186 cm³/mol. The van der Waals surface area contributed by atoms with E-state index in [9.17, 15) is 18.0 Å². The first-order chi connectivity index (χ1) is 23.2. The minimum Gasteiger partial charge on any atom is -0.481 e. The molecular weight excluding hydrogens is 698 g/mol. The second kappa shape index (κ2) is 17.7. The molecule has 2 aromatic carbocycles. The summed E-state index contributed by atoms with van der Waals surface area (Å²) in [6, 6.07) is 20.5. The lowest BCUT2D eigenvalue weighted by Crippen LogP contribution is -2.67. The molecule has 3 aliphatic rings. The highest BCUT2D eigenvalue weighted by molar-refractivity contribution is 5.85. The molecule has 274 valence electrons. The number of rotatable bonds is 11. The number of carbonyl (C=O) groups is 1. The van der Waals surface area contributed by atoms with Crippen molar-refractivity contribution in [3.63, 3.8) is 0 Å². The second-order valence-corrected chi connectivity index (χ2v) is 12.4. The Morgan fingerprint density at radius 2 is 1.60 bits per heavy atom.